The third kappa shape index (κ3) is 12.8. The first-order valence-corrected chi connectivity index (χ1v) is 29.5. The number of imidazole rings is 1. The molecular formula is C58H70FN10O12P. The van der Waals surface area contributed by atoms with Crippen LogP contribution in [-0.2, 0) is 53.3 Å². The summed E-state index contributed by atoms with van der Waals surface area (Å²) in [5, 5.41) is 11.2. The third-order valence-corrected chi connectivity index (χ3v) is 17.6. The highest BCUT2D eigenvalue weighted by Gasteiger charge is 2.47. The van der Waals surface area contributed by atoms with Crippen molar-refractivity contribution in [3.05, 3.63) is 117 Å². The normalized spacial score (nSPS) is 21.9. The van der Waals surface area contributed by atoms with Crippen molar-refractivity contribution >= 4 is 76.4 Å². The van der Waals surface area contributed by atoms with Crippen LogP contribution in [0.4, 0.5) is 4.39 Å². The molecule has 2 aromatic heterocycles. The quantitative estimate of drug-likeness (QED) is 0.0560. The van der Waals surface area contributed by atoms with E-state index in [2.05, 4.69) is 32.8 Å². The lowest BCUT2D eigenvalue weighted by atomic mass is 9.79. The van der Waals surface area contributed by atoms with Crippen LogP contribution in [0.1, 0.15) is 140 Å². The fraction of sp³-hybridized carbons (Fsp3) is 0.466. The van der Waals surface area contributed by atoms with E-state index >= 15 is 9.18 Å². The zero-order valence-electron chi connectivity index (χ0n) is 46.1. The molecule has 436 valence electrons. The molecule has 22 nitrogen and oxygen atoms in total. The van der Waals surface area contributed by atoms with E-state index < -0.39 is 78.7 Å². The van der Waals surface area contributed by atoms with Gasteiger partial charge in [0.2, 0.25) is 35.4 Å². The summed E-state index contributed by atoms with van der Waals surface area (Å²) in [6, 6.07) is 10.7. The van der Waals surface area contributed by atoms with Crippen LogP contribution < -0.4 is 32.7 Å². The maximum absolute atomic E-state index is 15.1. The number of nitrogens with one attached hydrogen (secondary N) is 5. The van der Waals surface area contributed by atoms with E-state index in [4.69, 9.17) is 5.73 Å². The van der Waals surface area contributed by atoms with Gasteiger partial charge >= 0.3 is 13.3 Å². The monoisotopic (exact) mass is 1150 g/mol. The van der Waals surface area contributed by atoms with E-state index in [9.17, 15) is 52.7 Å². The van der Waals surface area contributed by atoms with Crippen molar-refractivity contribution in [1.82, 2.24) is 45.2 Å². The number of aromatic amines is 1. The molecular weight excluding hydrogens is 1080 g/mol. The third-order valence-electron chi connectivity index (χ3n) is 16.8. The summed E-state index contributed by atoms with van der Waals surface area (Å²) in [6.45, 7) is 7.40. The highest BCUT2D eigenvalue weighted by Crippen LogP contribution is 2.40. The van der Waals surface area contributed by atoms with Gasteiger partial charge in [-0.15, -0.1) is 0 Å². The zero-order valence-corrected chi connectivity index (χ0v) is 47.0. The first-order chi connectivity index (χ1) is 38.9. The van der Waals surface area contributed by atoms with Crippen molar-refractivity contribution in [2.75, 3.05) is 13.1 Å². The number of benzene rings is 3. The van der Waals surface area contributed by atoms with Crippen LogP contribution in [0.2, 0.25) is 0 Å². The number of carbonyl (C=O) groups is 8. The Labute approximate surface area is 471 Å². The summed E-state index contributed by atoms with van der Waals surface area (Å²) >= 11 is 0. The molecule has 5 atom stereocenters. The van der Waals surface area contributed by atoms with Crippen molar-refractivity contribution in [2.45, 2.75) is 140 Å². The molecule has 9 rings (SSSR count). The molecule has 4 aliphatic rings. The molecule has 0 bridgehead atoms. The number of nitrogens with two attached hydrogens (primary N) is 1. The van der Waals surface area contributed by atoms with Crippen molar-refractivity contribution in [1.29, 1.82) is 0 Å². The van der Waals surface area contributed by atoms with Gasteiger partial charge in [0, 0.05) is 72.8 Å². The number of carbonyl (C=O) groups excluding carboxylic acids is 8. The maximum Gasteiger partial charge on any atom is 0.396 e. The van der Waals surface area contributed by atoms with Crippen molar-refractivity contribution in [3.8, 4) is 0 Å². The average Bonchev–Trinajstić information content (AvgIpc) is 3.22. The molecule has 9 N–H and O–H groups in total. The van der Waals surface area contributed by atoms with Crippen molar-refractivity contribution < 1.29 is 57.1 Å². The minimum atomic E-state index is -5.13. The molecule has 5 heterocycles. The number of allylic oxidation sites excluding steroid dienone is 1. The number of nitrogens with zero attached hydrogens (tertiary/aromatic N) is 4. The molecule has 7 amide bonds. The van der Waals surface area contributed by atoms with Gasteiger partial charge in [-0.1, -0.05) is 38.6 Å². The van der Waals surface area contributed by atoms with Gasteiger partial charge in [0.25, 0.3) is 11.4 Å². The van der Waals surface area contributed by atoms with Gasteiger partial charge in [-0.2, -0.15) is 0 Å². The number of aromatic nitrogens is 3. The number of halogens is 1. The summed E-state index contributed by atoms with van der Waals surface area (Å²) in [6.07, 6.45) is 5.63. The van der Waals surface area contributed by atoms with Gasteiger partial charge in [-0.3, -0.25) is 52.1 Å². The zero-order chi connectivity index (χ0) is 58.9. The van der Waals surface area contributed by atoms with E-state index in [1.165, 1.54) is 35.2 Å². The van der Waals surface area contributed by atoms with E-state index in [0.717, 1.165) is 42.3 Å². The molecule has 0 radical (unpaired) electrons. The molecule has 1 saturated carbocycles. The van der Waals surface area contributed by atoms with Gasteiger partial charge in [0.15, 0.2) is 0 Å². The van der Waals surface area contributed by atoms with E-state index in [0.29, 0.717) is 61.2 Å². The summed E-state index contributed by atoms with van der Waals surface area (Å²) < 4.78 is 29.9. The second kappa shape index (κ2) is 24.4. The van der Waals surface area contributed by atoms with Crippen LogP contribution in [0.15, 0.2) is 77.7 Å². The van der Waals surface area contributed by atoms with Gasteiger partial charge in [0.05, 0.1) is 11.0 Å². The van der Waals surface area contributed by atoms with E-state index in [-0.39, 0.29) is 90.4 Å². The van der Waals surface area contributed by atoms with E-state index in [1.54, 1.807) is 33.2 Å². The number of rotatable bonds is 18. The Morgan fingerprint density at radius 1 is 0.902 bits per heavy atom. The van der Waals surface area contributed by atoms with Crippen LogP contribution in [0, 0.1) is 17.7 Å². The fourth-order valence-electron chi connectivity index (χ4n) is 12.1. The van der Waals surface area contributed by atoms with Gasteiger partial charge < -0.3 is 51.6 Å². The predicted molar refractivity (Wildman–Crippen MR) is 300 cm³/mol. The Kier molecular flexibility index (Phi) is 17.5. The van der Waals surface area contributed by atoms with Crippen LogP contribution in [0.5, 0.6) is 0 Å². The molecule has 5 aromatic rings. The fourth-order valence-corrected chi connectivity index (χ4v) is 12.6. The summed E-state index contributed by atoms with van der Waals surface area (Å²) in [5.74, 6) is -4.57. The smallest absolute Gasteiger partial charge is 0.370 e. The first-order valence-electron chi connectivity index (χ1n) is 27.9. The van der Waals surface area contributed by atoms with Gasteiger partial charge in [0.1, 0.15) is 35.7 Å². The predicted octanol–water partition coefficient (Wildman–Crippen LogP) is 4.56. The number of fused-ring (bicyclic) bond motifs is 3. The standard InChI is InChI=1S/C58H70FN10O12P/c1-31(2)36-13-14-38(41(59)27-36)29-61-51(71)43(18-22-50(60)70)64-54(74)47-21-16-40-23-24-67(30-45(56(76)68(40)47)65-52(72)44-28-39-26-37(15-17-42(39)63-44)57(77)82(79,80)81)55(75)35-11-8-33(9-12-35)6-7-34-10-20-46-49(25-34)66(4)58(78)69(46)48-19-5-32(3)62-53(48)73/h10,13-15,17,20,25-28,31,33,35,40,43,45,47-48,63H,3,5-9,11-12,16,18-19,21-24,29-30H2,1-2,4H3,(H2,60,70)(H,61,71)(H,62,73)(H,64,74)(H,65,72)(H2,79,80,81)/t33?,35?,40-,43+,45+,47+,48?/m1/s1. The Morgan fingerprint density at radius 3 is 2.35 bits per heavy atom. The van der Waals surface area contributed by atoms with E-state index in [1.807, 2.05) is 32.0 Å². The van der Waals surface area contributed by atoms with Gasteiger partial charge in [-0.05, 0) is 142 Å². The summed E-state index contributed by atoms with van der Waals surface area (Å²) in [5.41, 5.74) is 7.81. The average molecular weight is 1150 g/mol. The summed E-state index contributed by atoms with van der Waals surface area (Å²) in [4.78, 5) is 148. The maximum atomic E-state index is 15.1. The lowest BCUT2D eigenvalue weighted by Crippen LogP contribution is -2.62. The Bertz CT molecular complexity index is 3500. The van der Waals surface area contributed by atoms with Gasteiger partial charge in [-0.25, -0.2) is 9.18 Å². The first kappa shape index (κ1) is 58.9. The largest absolute Gasteiger partial charge is 0.396 e. The Balaban J connectivity index is 0.894. The minimum Gasteiger partial charge on any atom is -0.370 e. The molecule has 3 saturated heterocycles. The molecule has 0 spiro atoms. The Morgan fingerprint density at radius 2 is 1.66 bits per heavy atom. The molecule has 1 unspecified atom stereocenters. The number of aryl methyl sites for hydroxylation is 2. The summed E-state index contributed by atoms with van der Waals surface area (Å²) in [7, 11) is -3.43. The van der Waals surface area contributed by atoms with Crippen LogP contribution >= 0.6 is 7.60 Å². The van der Waals surface area contributed by atoms with Crippen molar-refractivity contribution in [2.24, 2.45) is 24.6 Å². The van der Waals surface area contributed by atoms with Crippen LogP contribution in [-0.4, -0.2) is 118 Å². The molecule has 3 aromatic carbocycles. The molecule has 82 heavy (non-hydrogen) atoms. The molecule has 4 fully saturated rings. The highest BCUT2D eigenvalue weighted by atomic mass is 31.2. The molecule has 1 aliphatic carbocycles. The number of H-pyrrole nitrogens is 1. The van der Waals surface area contributed by atoms with Crippen LogP contribution in [0.25, 0.3) is 21.9 Å². The number of hydrogen-bond acceptors (Lipinski definition) is 10. The molecule has 3 aliphatic heterocycles. The topological polar surface area (TPSA) is 317 Å². The SMILES string of the molecule is C=C1CCC(n2c(=O)n(C)c3cc(CCC4CCC(C(=O)N5CC[C@H]6CC[C@@H](C(=O)N[C@@H](CCC(N)=O)C(=O)NCc7ccc(C(C)C)cc7F)N6C(=O)[C@@H](NC(=O)c6cc7cc(C(=O)P(=O)(O)O)ccc7[nH]6)C5)CC4)ccc32)C(=O)N1. The number of piperidine rings is 1. The highest BCUT2D eigenvalue weighted by molar-refractivity contribution is 7.70. The Hall–Kier alpha value is -7.75. The van der Waals surface area contributed by atoms with Crippen LogP contribution in [0.3, 0.4) is 0 Å². The second-order valence-corrected chi connectivity index (χ2v) is 24.1. The second-order valence-electron chi connectivity index (χ2n) is 22.7. The van der Waals surface area contributed by atoms with Crippen molar-refractivity contribution in [3.63, 3.8) is 0 Å². The number of hydrogen-bond donors (Lipinski definition) is 8. The molecule has 24 heteroatoms. The lowest BCUT2D eigenvalue weighted by molar-refractivity contribution is -0.147. The minimum absolute atomic E-state index is 0.0659. The lowest BCUT2D eigenvalue weighted by Gasteiger charge is -2.40. The number of primary amides is 1. The number of amides is 7.